The highest BCUT2D eigenvalue weighted by Crippen LogP contribution is 2.36. The van der Waals surface area contributed by atoms with Crippen LogP contribution < -0.4 is 4.90 Å². The van der Waals surface area contributed by atoms with Crippen LogP contribution in [0.1, 0.15) is 18.9 Å². The molecule has 2 aliphatic heterocycles. The van der Waals surface area contributed by atoms with Gasteiger partial charge in [-0.05, 0) is 25.0 Å². The zero-order valence-electron chi connectivity index (χ0n) is 9.83. The van der Waals surface area contributed by atoms with Gasteiger partial charge in [-0.1, -0.05) is 18.2 Å². The Bertz CT molecular complexity index is 497. The maximum atomic E-state index is 4.57. The molecular weight excluding hydrogens is 196 g/mol. The van der Waals surface area contributed by atoms with Gasteiger partial charge in [-0.3, -0.25) is 4.99 Å². The molecule has 82 valence electrons. The number of allylic oxidation sites excluding steroid dienone is 1. The molecule has 0 saturated heterocycles. The molecule has 0 bridgehead atoms. The number of benzene rings is 1. The lowest BCUT2D eigenvalue weighted by atomic mass is 9.97. The van der Waals surface area contributed by atoms with E-state index in [-0.39, 0.29) is 0 Å². The summed E-state index contributed by atoms with van der Waals surface area (Å²) in [7, 11) is 2.17. The van der Waals surface area contributed by atoms with Gasteiger partial charge in [0, 0.05) is 36.1 Å². The number of rotatable bonds is 0. The molecule has 0 atom stereocenters. The van der Waals surface area contributed by atoms with Crippen LogP contribution in [0.25, 0.3) is 5.57 Å². The average molecular weight is 212 g/mol. The first-order valence-electron chi connectivity index (χ1n) is 5.81. The second-order valence-electron chi connectivity index (χ2n) is 4.57. The number of anilines is 1. The molecule has 2 heteroatoms. The Labute approximate surface area is 96.3 Å². The van der Waals surface area contributed by atoms with Gasteiger partial charge < -0.3 is 4.90 Å². The predicted octanol–water partition coefficient (Wildman–Crippen LogP) is 2.75. The van der Waals surface area contributed by atoms with E-state index in [4.69, 9.17) is 0 Å². The third-order valence-electron chi connectivity index (χ3n) is 3.56. The van der Waals surface area contributed by atoms with E-state index in [1.54, 1.807) is 0 Å². The molecule has 0 aromatic heterocycles. The fourth-order valence-corrected chi connectivity index (χ4v) is 2.66. The second-order valence-corrected chi connectivity index (χ2v) is 4.57. The average Bonchev–Trinajstić information content (AvgIpc) is 2.60. The lowest BCUT2D eigenvalue weighted by molar-refractivity contribution is 0.864. The molecule has 0 N–H and O–H groups in total. The monoisotopic (exact) mass is 212 g/mol. The minimum atomic E-state index is 0.906. The smallest absolute Gasteiger partial charge is 0.0613 e. The summed E-state index contributed by atoms with van der Waals surface area (Å²) in [6, 6.07) is 8.66. The summed E-state index contributed by atoms with van der Waals surface area (Å²) in [5, 5.41) is 0. The van der Waals surface area contributed by atoms with Crippen molar-refractivity contribution in [2.45, 2.75) is 13.3 Å². The molecular formula is C14H16N2. The number of hydrogen-bond donors (Lipinski definition) is 0. The highest BCUT2D eigenvalue weighted by atomic mass is 15.1. The molecule has 2 heterocycles. The van der Waals surface area contributed by atoms with Crippen molar-refractivity contribution in [1.82, 2.24) is 0 Å². The van der Waals surface area contributed by atoms with E-state index in [9.17, 15) is 0 Å². The summed E-state index contributed by atoms with van der Waals surface area (Å²) in [5.41, 5.74) is 6.81. The molecule has 0 spiro atoms. The van der Waals surface area contributed by atoms with Crippen molar-refractivity contribution in [3.05, 3.63) is 35.4 Å². The molecule has 2 nitrogen and oxygen atoms in total. The highest BCUT2D eigenvalue weighted by molar-refractivity contribution is 6.26. The van der Waals surface area contributed by atoms with Crippen LogP contribution in [0.3, 0.4) is 0 Å². The van der Waals surface area contributed by atoms with Crippen molar-refractivity contribution >= 4 is 17.0 Å². The standard InChI is InChI=1S/C14H16N2/c1-10-14-11(9-15-10)7-8-16(2)13-6-4-3-5-12(13)14/h3-6H,7-9H2,1-2H3. The van der Waals surface area contributed by atoms with Gasteiger partial charge in [0.25, 0.3) is 0 Å². The number of nitrogens with zero attached hydrogens (tertiary/aromatic N) is 2. The van der Waals surface area contributed by atoms with E-state index >= 15 is 0 Å². The Balaban J connectivity index is 2.23. The minimum absolute atomic E-state index is 0.906. The summed E-state index contributed by atoms with van der Waals surface area (Å²) < 4.78 is 0. The Morgan fingerprint density at radius 3 is 2.94 bits per heavy atom. The van der Waals surface area contributed by atoms with E-state index in [1.165, 1.54) is 28.1 Å². The van der Waals surface area contributed by atoms with Crippen molar-refractivity contribution in [3.63, 3.8) is 0 Å². The van der Waals surface area contributed by atoms with Gasteiger partial charge >= 0.3 is 0 Å². The molecule has 0 fully saturated rings. The van der Waals surface area contributed by atoms with Gasteiger partial charge in [0.2, 0.25) is 0 Å². The lowest BCUT2D eigenvalue weighted by Gasteiger charge is -2.20. The fourth-order valence-electron chi connectivity index (χ4n) is 2.66. The molecule has 0 saturated carbocycles. The molecule has 0 unspecified atom stereocenters. The van der Waals surface area contributed by atoms with Crippen LogP contribution in [0.5, 0.6) is 0 Å². The molecule has 1 aromatic rings. The van der Waals surface area contributed by atoms with E-state index in [0.29, 0.717) is 0 Å². The van der Waals surface area contributed by atoms with Crippen molar-refractivity contribution in [1.29, 1.82) is 0 Å². The van der Waals surface area contributed by atoms with Crippen LogP contribution in [0.2, 0.25) is 0 Å². The number of fused-ring (bicyclic) bond motifs is 2. The topological polar surface area (TPSA) is 15.6 Å². The predicted molar refractivity (Wildman–Crippen MR) is 69.2 cm³/mol. The van der Waals surface area contributed by atoms with Gasteiger partial charge in [0.1, 0.15) is 0 Å². The number of hydrogen-bond acceptors (Lipinski definition) is 2. The first-order chi connectivity index (χ1) is 7.77. The maximum absolute atomic E-state index is 4.57. The Kier molecular flexibility index (Phi) is 2.10. The van der Waals surface area contributed by atoms with Crippen LogP contribution in [0, 0.1) is 0 Å². The van der Waals surface area contributed by atoms with Gasteiger partial charge in [-0.15, -0.1) is 0 Å². The third-order valence-corrected chi connectivity index (χ3v) is 3.56. The van der Waals surface area contributed by atoms with Gasteiger partial charge in [0.05, 0.1) is 6.54 Å². The largest absolute Gasteiger partial charge is 0.374 e. The Morgan fingerprint density at radius 2 is 2.06 bits per heavy atom. The lowest BCUT2D eigenvalue weighted by Crippen LogP contribution is -2.18. The van der Waals surface area contributed by atoms with Crippen molar-refractivity contribution in [3.8, 4) is 0 Å². The molecule has 3 rings (SSSR count). The first-order valence-corrected chi connectivity index (χ1v) is 5.81. The number of para-hydroxylation sites is 1. The normalized spacial score (nSPS) is 19.1. The van der Waals surface area contributed by atoms with Crippen LogP contribution >= 0.6 is 0 Å². The molecule has 0 aliphatic carbocycles. The van der Waals surface area contributed by atoms with Gasteiger partial charge in [0.15, 0.2) is 0 Å². The van der Waals surface area contributed by atoms with Crippen LogP contribution in [0.15, 0.2) is 34.8 Å². The van der Waals surface area contributed by atoms with E-state index < -0.39 is 0 Å². The van der Waals surface area contributed by atoms with Crippen LogP contribution in [-0.4, -0.2) is 25.8 Å². The quantitative estimate of drug-likeness (QED) is 0.645. The molecule has 16 heavy (non-hydrogen) atoms. The van der Waals surface area contributed by atoms with Gasteiger partial charge in [-0.2, -0.15) is 0 Å². The summed E-state index contributed by atoms with van der Waals surface area (Å²) in [6.07, 6.45) is 1.14. The third kappa shape index (κ3) is 1.29. The van der Waals surface area contributed by atoms with Crippen molar-refractivity contribution < 1.29 is 0 Å². The fraction of sp³-hybridized carbons (Fsp3) is 0.357. The van der Waals surface area contributed by atoms with E-state index in [1.807, 2.05) is 0 Å². The van der Waals surface area contributed by atoms with Crippen LogP contribution in [0.4, 0.5) is 5.69 Å². The van der Waals surface area contributed by atoms with E-state index in [2.05, 4.69) is 48.1 Å². The number of aliphatic imine (C=N–C) groups is 1. The van der Waals surface area contributed by atoms with Crippen molar-refractivity contribution in [2.75, 3.05) is 25.0 Å². The molecule has 0 amide bonds. The van der Waals surface area contributed by atoms with Gasteiger partial charge in [-0.25, -0.2) is 0 Å². The Morgan fingerprint density at radius 1 is 1.25 bits per heavy atom. The minimum Gasteiger partial charge on any atom is -0.374 e. The van der Waals surface area contributed by atoms with Crippen molar-refractivity contribution in [2.24, 2.45) is 4.99 Å². The second kappa shape index (κ2) is 3.48. The summed E-state index contributed by atoms with van der Waals surface area (Å²) in [4.78, 5) is 6.92. The highest BCUT2D eigenvalue weighted by Gasteiger charge is 2.24. The summed E-state index contributed by atoms with van der Waals surface area (Å²) in [6.45, 7) is 4.13. The zero-order valence-corrected chi connectivity index (χ0v) is 9.83. The molecule has 2 aliphatic rings. The van der Waals surface area contributed by atoms with E-state index in [0.717, 1.165) is 19.5 Å². The first kappa shape index (κ1) is 9.64. The molecule has 1 aromatic carbocycles. The molecule has 0 radical (unpaired) electrons. The van der Waals surface area contributed by atoms with Crippen LogP contribution in [-0.2, 0) is 0 Å². The Hall–Kier alpha value is -1.57. The SMILES string of the molecule is CC1=NCC2=C1c1ccccc1N(C)CC2. The summed E-state index contributed by atoms with van der Waals surface area (Å²) >= 11 is 0. The summed E-state index contributed by atoms with van der Waals surface area (Å²) in [5.74, 6) is 0. The zero-order chi connectivity index (χ0) is 11.1. The maximum Gasteiger partial charge on any atom is 0.0613 e.